The molecule has 2 rings (SSSR count). The van der Waals surface area contributed by atoms with Gasteiger partial charge in [0.2, 0.25) is 0 Å². The zero-order chi connectivity index (χ0) is 13.8. The summed E-state index contributed by atoms with van der Waals surface area (Å²) in [5.41, 5.74) is 10.4. The van der Waals surface area contributed by atoms with E-state index in [0.29, 0.717) is 6.04 Å². The second-order valence-electron chi connectivity index (χ2n) is 6.14. The van der Waals surface area contributed by atoms with Gasteiger partial charge in [0.15, 0.2) is 0 Å². The van der Waals surface area contributed by atoms with Gasteiger partial charge in [0.25, 0.3) is 0 Å². The van der Waals surface area contributed by atoms with Crippen molar-refractivity contribution in [3.05, 3.63) is 34.9 Å². The Bertz CT molecular complexity index is 414. The van der Waals surface area contributed by atoms with Gasteiger partial charge in [-0.05, 0) is 56.8 Å². The normalized spacial score (nSPS) is 23.1. The highest BCUT2D eigenvalue weighted by Crippen LogP contribution is 2.21. The third kappa shape index (κ3) is 3.80. The van der Waals surface area contributed by atoms with Gasteiger partial charge in [-0.2, -0.15) is 0 Å². The van der Waals surface area contributed by atoms with Gasteiger partial charge in [-0.25, -0.2) is 0 Å². The number of nitrogens with zero attached hydrogens (tertiary/aromatic N) is 1. The van der Waals surface area contributed by atoms with Gasteiger partial charge in [0.1, 0.15) is 0 Å². The molecule has 106 valence electrons. The molecule has 1 aromatic carbocycles. The Morgan fingerprint density at radius 2 is 2.00 bits per heavy atom. The molecule has 0 aliphatic carbocycles. The summed E-state index contributed by atoms with van der Waals surface area (Å²) < 4.78 is 0. The van der Waals surface area contributed by atoms with E-state index in [1.807, 2.05) is 0 Å². The van der Waals surface area contributed by atoms with Gasteiger partial charge in [0.05, 0.1) is 0 Å². The van der Waals surface area contributed by atoms with Crippen LogP contribution in [0.15, 0.2) is 18.2 Å². The molecule has 2 N–H and O–H groups in total. The van der Waals surface area contributed by atoms with Crippen LogP contribution < -0.4 is 5.73 Å². The van der Waals surface area contributed by atoms with Crippen molar-refractivity contribution in [2.45, 2.75) is 58.5 Å². The summed E-state index contributed by atoms with van der Waals surface area (Å²) in [4.78, 5) is 2.58. The summed E-state index contributed by atoms with van der Waals surface area (Å²) >= 11 is 0. The molecule has 0 aromatic heterocycles. The minimum atomic E-state index is 0.139. The number of benzene rings is 1. The Labute approximate surface area is 118 Å². The second kappa shape index (κ2) is 6.53. The molecule has 0 amide bonds. The Balaban J connectivity index is 2.02. The van der Waals surface area contributed by atoms with Gasteiger partial charge in [-0.1, -0.05) is 31.0 Å². The fraction of sp³-hybridized carbons (Fsp3) is 0.647. The summed E-state index contributed by atoms with van der Waals surface area (Å²) in [6.45, 7) is 8.86. The van der Waals surface area contributed by atoms with Gasteiger partial charge in [-0.3, -0.25) is 4.90 Å². The van der Waals surface area contributed by atoms with Crippen molar-refractivity contribution in [1.29, 1.82) is 0 Å². The third-order valence-corrected chi connectivity index (χ3v) is 4.58. The number of likely N-dealkylation sites (tertiary alicyclic amines) is 1. The molecule has 1 heterocycles. The molecule has 1 fully saturated rings. The van der Waals surface area contributed by atoms with Crippen molar-refractivity contribution in [3.8, 4) is 0 Å². The van der Waals surface area contributed by atoms with Crippen LogP contribution >= 0.6 is 0 Å². The van der Waals surface area contributed by atoms with E-state index in [1.165, 1.54) is 48.9 Å². The molecule has 2 heteroatoms. The van der Waals surface area contributed by atoms with Crippen molar-refractivity contribution in [3.63, 3.8) is 0 Å². The Hall–Kier alpha value is -0.860. The number of hydrogen-bond donors (Lipinski definition) is 1. The smallest absolute Gasteiger partial charge is 0.0424 e. The first-order valence-corrected chi connectivity index (χ1v) is 7.64. The van der Waals surface area contributed by atoms with E-state index < -0.39 is 0 Å². The summed E-state index contributed by atoms with van der Waals surface area (Å²) in [5, 5.41) is 0. The van der Waals surface area contributed by atoms with E-state index in [4.69, 9.17) is 5.73 Å². The molecular formula is C17H28N2. The standard InChI is InChI=1S/C17H28N2/c1-13-8-9-16(11-14(13)2)17(18)12-19-10-6-4-5-7-15(19)3/h8-9,11,15,17H,4-7,10,12,18H2,1-3H3. The van der Waals surface area contributed by atoms with Gasteiger partial charge < -0.3 is 5.73 Å². The van der Waals surface area contributed by atoms with Crippen molar-refractivity contribution in [2.24, 2.45) is 5.73 Å². The van der Waals surface area contributed by atoms with E-state index in [0.717, 1.165) is 6.54 Å². The van der Waals surface area contributed by atoms with Gasteiger partial charge >= 0.3 is 0 Å². The molecule has 1 saturated heterocycles. The van der Waals surface area contributed by atoms with Crippen LogP contribution in [0.3, 0.4) is 0 Å². The largest absolute Gasteiger partial charge is 0.323 e. The molecule has 0 spiro atoms. The predicted molar refractivity (Wildman–Crippen MR) is 82.3 cm³/mol. The predicted octanol–water partition coefficient (Wildman–Crippen LogP) is 3.57. The molecule has 2 unspecified atom stereocenters. The Kier molecular flexibility index (Phi) is 5.00. The molecular weight excluding hydrogens is 232 g/mol. The molecule has 1 aliphatic heterocycles. The lowest BCUT2D eigenvalue weighted by atomic mass is 10.0. The molecule has 2 nitrogen and oxygen atoms in total. The van der Waals surface area contributed by atoms with E-state index in [9.17, 15) is 0 Å². The van der Waals surface area contributed by atoms with Gasteiger partial charge in [0, 0.05) is 18.6 Å². The van der Waals surface area contributed by atoms with Crippen LogP contribution in [-0.2, 0) is 0 Å². The number of aryl methyl sites for hydroxylation is 2. The second-order valence-corrected chi connectivity index (χ2v) is 6.14. The molecule has 19 heavy (non-hydrogen) atoms. The molecule has 1 aromatic rings. The maximum atomic E-state index is 6.42. The average molecular weight is 260 g/mol. The van der Waals surface area contributed by atoms with Crippen LogP contribution in [0, 0.1) is 13.8 Å². The zero-order valence-corrected chi connectivity index (χ0v) is 12.7. The van der Waals surface area contributed by atoms with E-state index in [2.05, 4.69) is 43.9 Å². The molecule has 0 bridgehead atoms. The van der Waals surface area contributed by atoms with Gasteiger partial charge in [-0.15, -0.1) is 0 Å². The highest BCUT2D eigenvalue weighted by molar-refractivity contribution is 5.31. The van der Waals surface area contributed by atoms with Crippen LogP contribution in [0.1, 0.15) is 55.3 Å². The van der Waals surface area contributed by atoms with Crippen LogP contribution in [-0.4, -0.2) is 24.0 Å². The first-order valence-electron chi connectivity index (χ1n) is 7.64. The van der Waals surface area contributed by atoms with Crippen molar-refractivity contribution < 1.29 is 0 Å². The maximum absolute atomic E-state index is 6.42. The average Bonchev–Trinajstić information content (AvgIpc) is 2.58. The monoisotopic (exact) mass is 260 g/mol. The van der Waals surface area contributed by atoms with Crippen molar-refractivity contribution in [1.82, 2.24) is 4.90 Å². The molecule has 2 atom stereocenters. The first-order chi connectivity index (χ1) is 9.08. The lowest BCUT2D eigenvalue weighted by Gasteiger charge is -2.29. The summed E-state index contributed by atoms with van der Waals surface area (Å²) in [6, 6.07) is 7.45. The summed E-state index contributed by atoms with van der Waals surface area (Å²) in [5.74, 6) is 0. The lowest BCUT2D eigenvalue weighted by Crippen LogP contribution is -2.38. The molecule has 1 aliphatic rings. The van der Waals surface area contributed by atoms with E-state index in [-0.39, 0.29) is 6.04 Å². The maximum Gasteiger partial charge on any atom is 0.0424 e. The third-order valence-electron chi connectivity index (χ3n) is 4.58. The Morgan fingerprint density at radius 1 is 1.21 bits per heavy atom. The number of rotatable bonds is 3. The summed E-state index contributed by atoms with van der Waals surface area (Å²) in [7, 11) is 0. The minimum absolute atomic E-state index is 0.139. The Morgan fingerprint density at radius 3 is 2.74 bits per heavy atom. The first kappa shape index (κ1) is 14.5. The van der Waals surface area contributed by atoms with Crippen molar-refractivity contribution in [2.75, 3.05) is 13.1 Å². The highest BCUT2D eigenvalue weighted by atomic mass is 15.2. The molecule has 0 radical (unpaired) electrons. The van der Waals surface area contributed by atoms with Crippen molar-refractivity contribution >= 4 is 0 Å². The zero-order valence-electron chi connectivity index (χ0n) is 12.7. The van der Waals surface area contributed by atoms with Crippen LogP contribution in [0.25, 0.3) is 0 Å². The van der Waals surface area contributed by atoms with Crippen LogP contribution in [0.4, 0.5) is 0 Å². The fourth-order valence-electron chi connectivity index (χ4n) is 2.96. The number of hydrogen-bond acceptors (Lipinski definition) is 2. The fourth-order valence-corrected chi connectivity index (χ4v) is 2.96. The van der Waals surface area contributed by atoms with E-state index >= 15 is 0 Å². The SMILES string of the molecule is Cc1ccc(C(N)CN2CCCCCC2C)cc1C. The number of nitrogens with two attached hydrogens (primary N) is 1. The minimum Gasteiger partial charge on any atom is -0.323 e. The molecule has 0 saturated carbocycles. The topological polar surface area (TPSA) is 29.3 Å². The lowest BCUT2D eigenvalue weighted by molar-refractivity contribution is 0.201. The quantitative estimate of drug-likeness (QED) is 0.900. The van der Waals surface area contributed by atoms with E-state index in [1.54, 1.807) is 0 Å². The summed E-state index contributed by atoms with van der Waals surface area (Å²) in [6.07, 6.45) is 5.39. The highest BCUT2D eigenvalue weighted by Gasteiger charge is 2.19. The van der Waals surface area contributed by atoms with Crippen LogP contribution in [0.5, 0.6) is 0 Å². The van der Waals surface area contributed by atoms with Crippen LogP contribution in [0.2, 0.25) is 0 Å².